The first kappa shape index (κ1) is 13.7. The number of nitrogens with one attached hydrogen (secondary N) is 1. The van der Waals surface area contributed by atoms with Gasteiger partial charge in [0.25, 0.3) is 0 Å². The fraction of sp³-hybridized carbons (Fsp3) is 0.333. The molecule has 2 rings (SSSR count). The maximum absolute atomic E-state index is 13.5. The average molecular weight is 264 g/mol. The van der Waals surface area contributed by atoms with Crippen molar-refractivity contribution >= 4 is 0 Å². The predicted octanol–water partition coefficient (Wildman–Crippen LogP) is 3.31. The van der Waals surface area contributed by atoms with Crippen LogP contribution in [0.2, 0.25) is 0 Å². The van der Waals surface area contributed by atoms with E-state index < -0.39 is 5.82 Å². The van der Waals surface area contributed by atoms with Crippen molar-refractivity contribution < 1.29 is 8.78 Å². The number of nitrogens with zero attached hydrogens (tertiary/aromatic N) is 1. The molecule has 1 N–H and O–H groups in total. The fourth-order valence-corrected chi connectivity index (χ4v) is 1.88. The molecule has 2 aromatic rings. The zero-order valence-corrected chi connectivity index (χ0v) is 11.2. The number of aromatic nitrogens is 1. The van der Waals surface area contributed by atoms with Gasteiger partial charge in [0.2, 0.25) is 0 Å². The third-order valence-corrected chi connectivity index (χ3v) is 2.89. The van der Waals surface area contributed by atoms with Crippen LogP contribution in [0.5, 0.6) is 0 Å². The van der Waals surface area contributed by atoms with E-state index in [0.29, 0.717) is 18.2 Å². The van der Waals surface area contributed by atoms with Crippen molar-refractivity contribution in [1.82, 2.24) is 9.88 Å². The summed E-state index contributed by atoms with van der Waals surface area (Å²) >= 11 is 0. The van der Waals surface area contributed by atoms with Gasteiger partial charge in [-0.05, 0) is 29.8 Å². The van der Waals surface area contributed by atoms with E-state index in [-0.39, 0.29) is 5.82 Å². The molecule has 0 radical (unpaired) electrons. The smallest absolute Gasteiger partial charge is 0.128 e. The van der Waals surface area contributed by atoms with Gasteiger partial charge >= 0.3 is 0 Å². The Morgan fingerprint density at radius 2 is 2.00 bits per heavy atom. The maximum Gasteiger partial charge on any atom is 0.128 e. The molecule has 0 bridgehead atoms. The van der Waals surface area contributed by atoms with Crippen LogP contribution in [0.3, 0.4) is 0 Å². The van der Waals surface area contributed by atoms with Gasteiger partial charge in [-0.25, -0.2) is 8.78 Å². The highest BCUT2D eigenvalue weighted by Crippen LogP contribution is 2.12. The first-order valence-electron chi connectivity index (χ1n) is 6.36. The third kappa shape index (κ3) is 3.89. The number of halogens is 2. The molecule has 0 aliphatic heterocycles. The minimum atomic E-state index is -0.412. The summed E-state index contributed by atoms with van der Waals surface area (Å²) in [5.41, 5.74) is 1.49. The van der Waals surface area contributed by atoms with E-state index >= 15 is 0 Å². The summed E-state index contributed by atoms with van der Waals surface area (Å²) in [6, 6.07) is 5.93. The highest BCUT2D eigenvalue weighted by Gasteiger charge is 2.05. The van der Waals surface area contributed by atoms with Crippen LogP contribution < -0.4 is 5.32 Å². The van der Waals surface area contributed by atoms with Crippen molar-refractivity contribution in [2.45, 2.75) is 33.0 Å². The fourth-order valence-electron chi connectivity index (χ4n) is 1.88. The molecule has 0 unspecified atom stereocenters. The molecule has 19 heavy (non-hydrogen) atoms. The minimum Gasteiger partial charge on any atom is -0.349 e. The van der Waals surface area contributed by atoms with E-state index in [4.69, 9.17) is 0 Å². The lowest BCUT2D eigenvalue weighted by Crippen LogP contribution is -2.21. The second kappa shape index (κ2) is 5.97. The number of benzene rings is 1. The van der Waals surface area contributed by atoms with Gasteiger partial charge in [0.1, 0.15) is 11.6 Å². The molecule has 1 heterocycles. The molecule has 4 heteroatoms. The molecule has 0 aliphatic rings. The molecule has 1 aromatic carbocycles. The van der Waals surface area contributed by atoms with Crippen molar-refractivity contribution in [3.05, 3.63) is 59.4 Å². The molecular weight excluding hydrogens is 246 g/mol. The van der Waals surface area contributed by atoms with Crippen LogP contribution >= 0.6 is 0 Å². The van der Waals surface area contributed by atoms with Gasteiger partial charge in [-0.15, -0.1) is 0 Å². The molecule has 0 saturated heterocycles. The Morgan fingerprint density at radius 1 is 1.21 bits per heavy atom. The van der Waals surface area contributed by atoms with E-state index in [1.807, 2.05) is 23.0 Å². The summed E-state index contributed by atoms with van der Waals surface area (Å²) in [5, 5.41) is 3.31. The molecular formula is C15H18F2N2. The van der Waals surface area contributed by atoms with Crippen LogP contribution in [0.25, 0.3) is 0 Å². The largest absolute Gasteiger partial charge is 0.349 e. The molecule has 0 fully saturated rings. The Balaban J connectivity index is 2.05. The zero-order valence-electron chi connectivity index (χ0n) is 11.2. The van der Waals surface area contributed by atoms with E-state index in [2.05, 4.69) is 19.2 Å². The quantitative estimate of drug-likeness (QED) is 0.876. The summed E-state index contributed by atoms with van der Waals surface area (Å²) in [6.45, 7) is 5.28. The van der Waals surface area contributed by atoms with Gasteiger partial charge in [-0.2, -0.15) is 0 Å². The number of hydrogen-bond donors (Lipinski definition) is 1. The monoisotopic (exact) mass is 264 g/mol. The molecule has 0 amide bonds. The van der Waals surface area contributed by atoms with E-state index in [1.54, 1.807) is 0 Å². The Morgan fingerprint density at radius 3 is 2.74 bits per heavy atom. The molecule has 0 aliphatic carbocycles. The summed E-state index contributed by atoms with van der Waals surface area (Å²) in [7, 11) is 0. The highest BCUT2D eigenvalue weighted by molar-refractivity contribution is 5.20. The molecule has 102 valence electrons. The topological polar surface area (TPSA) is 17.0 Å². The van der Waals surface area contributed by atoms with Crippen molar-refractivity contribution in [3.63, 3.8) is 0 Å². The molecule has 0 spiro atoms. The van der Waals surface area contributed by atoms with Crippen LogP contribution in [-0.2, 0) is 13.1 Å². The lowest BCUT2D eigenvalue weighted by Gasteiger charge is -2.07. The van der Waals surface area contributed by atoms with Crippen molar-refractivity contribution in [3.8, 4) is 0 Å². The van der Waals surface area contributed by atoms with Gasteiger partial charge in [-0.3, -0.25) is 0 Å². The first-order chi connectivity index (χ1) is 9.04. The van der Waals surface area contributed by atoms with Gasteiger partial charge in [-0.1, -0.05) is 13.8 Å². The standard InChI is InChI=1S/C15H18F2N2/c1-11(2)18-8-12-5-6-19(9-12)10-13-7-14(16)3-4-15(13)17/h3-7,9,11,18H,8,10H2,1-2H3. The second-order valence-corrected chi connectivity index (χ2v) is 4.96. The van der Waals surface area contributed by atoms with Gasteiger partial charge in [0.15, 0.2) is 0 Å². The van der Waals surface area contributed by atoms with E-state index in [1.165, 1.54) is 6.07 Å². The normalized spacial score (nSPS) is 11.2. The summed E-state index contributed by atoms with van der Waals surface area (Å²) < 4.78 is 28.5. The Bertz CT molecular complexity index is 547. The van der Waals surface area contributed by atoms with E-state index in [0.717, 1.165) is 24.2 Å². The molecule has 0 atom stereocenters. The Kier molecular flexibility index (Phi) is 4.32. The first-order valence-corrected chi connectivity index (χ1v) is 6.36. The summed E-state index contributed by atoms with van der Waals surface area (Å²) in [4.78, 5) is 0. The lowest BCUT2D eigenvalue weighted by atomic mass is 10.2. The SMILES string of the molecule is CC(C)NCc1ccn(Cc2cc(F)ccc2F)c1. The Labute approximate surface area is 112 Å². The minimum absolute atomic E-state index is 0.339. The van der Waals surface area contributed by atoms with Crippen molar-refractivity contribution in [1.29, 1.82) is 0 Å². The third-order valence-electron chi connectivity index (χ3n) is 2.89. The van der Waals surface area contributed by atoms with Gasteiger partial charge in [0, 0.05) is 37.1 Å². The maximum atomic E-state index is 13.5. The zero-order chi connectivity index (χ0) is 13.8. The predicted molar refractivity (Wildman–Crippen MR) is 71.9 cm³/mol. The van der Waals surface area contributed by atoms with Crippen LogP contribution in [-0.4, -0.2) is 10.6 Å². The molecule has 0 saturated carbocycles. The number of rotatable bonds is 5. The van der Waals surface area contributed by atoms with E-state index in [9.17, 15) is 8.78 Å². The Hall–Kier alpha value is -1.68. The molecule has 1 aromatic heterocycles. The number of hydrogen-bond acceptors (Lipinski definition) is 1. The van der Waals surface area contributed by atoms with Gasteiger partial charge in [0.05, 0.1) is 0 Å². The second-order valence-electron chi connectivity index (χ2n) is 4.96. The summed E-state index contributed by atoms with van der Waals surface area (Å²) in [5.74, 6) is -0.790. The summed E-state index contributed by atoms with van der Waals surface area (Å²) in [6.07, 6.45) is 3.82. The average Bonchev–Trinajstić information content (AvgIpc) is 2.79. The van der Waals surface area contributed by atoms with Crippen molar-refractivity contribution in [2.75, 3.05) is 0 Å². The van der Waals surface area contributed by atoms with Crippen LogP contribution in [0, 0.1) is 11.6 Å². The van der Waals surface area contributed by atoms with Gasteiger partial charge < -0.3 is 9.88 Å². The van der Waals surface area contributed by atoms with Crippen LogP contribution in [0.4, 0.5) is 8.78 Å². The van der Waals surface area contributed by atoms with Crippen LogP contribution in [0.15, 0.2) is 36.7 Å². The van der Waals surface area contributed by atoms with Crippen molar-refractivity contribution in [2.24, 2.45) is 0 Å². The van der Waals surface area contributed by atoms with Crippen LogP contribution in [0.1, 0.15) is 25.0 Å². The molecule has 2 nitrogen and oxygen atoms in total. The highest BCUT2D eigenvalue weighted by atomic mass is 19.1. The lowest BCUT2D eigenvalue weighted by molar-refractivity contribution is 0.575.